The van der Waals surface area contributed by atoms with E-state index in [2.05, 4.69) is 33.2 Å². The van der Waals surface area contributed by atoms with Crippen molar-refractivity contribution in [2.75, 3.05) is 51.6 Å². The number of nitrogens with one attached hydrogen (secondary N) is 2. The highest BCUT2D eigenvalue weighted by molar-refractivity contribution is 6.36. The number of piperazine rings is 1. The summed E-state index contributed by atoms with van der Waals surface area (Å²) in [6.07, 6.45) is 1.87. The lowest BCUT2D eigenvalue weighted by Crippen LogP contribution is -2.45. The Morgan fingerprint density at radius 3 is 2.52 bits per heavy atom. The van der Waals surface area contributed by atoms with Crippen LogP contribution in [0.4, 0.5) is 5.69 Å². The predicted molar refractivity (Wildman–Crippen MR) is 121 cm³/mol. The number of carbonyl (C=O) groups is 1. The third-order valence-electron chi connectivity index (χ3n) is 5.28. The van der Waals surface area contributed by atoms with E-state index in [0.29, 0.717) is 10.6 Å². The summed E-state index contributed by atoms with van der Waals surface area (Å²) in [6, 6.07) is 7.46. The molecule has 1 aromatic carbocycles. The minimum atomic E-state index is -0.0936. The number of H-pyrrole nitrogens is 1. The van der Waals surface area contributed by atoms with Crippen LogP contribution < -0.4 is 11.1 Å². The summed E-state index contributed by atoms with van der Waals surface area (Å²) in [6.45, 7) is 10.6. The molecule has 29 heavy (non-hydrogen) atoms. The van der Waals surface area contributed by atoms with E-state index in [4.69, 9.17) is 17.3 Å². The number of fused-ring (bicyclic) bond motifs is 1. The number of anilines is 1. The summed E-state index contributed by atoms with van der Waals surface area (Å²) < 4.78 is 0. The van der Waals surface area contributed by atoms with E-state index in [1.165, 1.54) is 26.2 Å². The standard InChI is InChI=1S/C15H13ClN2O.C7H17N3/c1-8-5-9(2)17-14(8)7-12-11-6-10(16)3-4-13(11)18-15(12)19;1-9-4-6-10(3-2-8)7-5-9/h3-7,17H,1-2H3,(H,18,19);2-8H2,1H3. The van der Waals surface area contributed by atoms with Gasteiger partial charge in [0.15, 0.2) is 0 Å². The zero-order chi connectivity index (χ0) is 21.0. The van der Waals surface area contributed by atoms with Gasteiger partial charge in [-0.2, -0.15) is 0 Å². The maximum absolute atomic E-state index is 12.0. The number of likely N-dealkylation sites (N-methyl/N-ethyl adjacent to an activating group) is 1. The van der Waals surface area contributed by atoms with Gasteiger partial charge >= 0.3 is 0 Å². The van der Waals surface area contributed by atoms with Crippen LogP contribution in [0.25, 0.3) is 11.6 Å². The zero-order valence-corrected chi connectivity index (χ0v) is 18.1. The average molecular weight is 416 g/mol. The molecule has 2 aromatic rings. The smallest absolute Gasteiger partial charge is 0.256 e. The SMILES string of the molecule is CN1CCN(CCN)CC1.Cc1cc(C)c(C=C2C(=O)Nc3ccc(Cl)cc32)[nH]1. The third-order valence-corrected chi connectivity index (χ3v) is 5.52. The Kier molecular flexibility index (Phi) is 7.14. The molecule has 1 fully saturated rings. The maximum atomic E-state index is 12.0. The Bertz CT molecular complexity index is 897. The fraction of sp³-hybridized carbons (Fsp3) is 0.409. The fourth-order valence-electron chi connectivity index (χ4n) is 3.60. The molecule has 1 aromatic heterocycles. The molecule has 2 aliphatic rings. The number of amides is 1. The first kappa shape index (κ1) is 21.6. The van der Waals surface area contributed by atoms with Crippen molar-refractivity contribution in [2.45, 2.75) is 13.8 Å². The lowest BCUT2D eigenvalue weighted by molar-refractivity contribution is -0.110. The number of rotatable bonds is 3. The van der Waals surface area contributed by atoms with Gasteiger partial charge in [0.25, 0.3) is 5.91 Å². The first-order valence-corrected chi connectivity index (χ1v) is 10.4. The van der Waals surface area contributed by atoms with Gasteiger partial charge in [0.2, 0.25) is 0 Å². The van der Waals surface area contributed by atoms with Crippen LogP contribution in [0.5, 0.6) is 0 Å². The van der Waals surface area contributed by atoms with E-state index in [1.54, 1.807) is 6.07 Å². The number of halogens is 1. The summed E-state index contributed by atoms with van der Waals surface area (Å²) in [5.74, 6) is -0.0936. The van der Waals surface area contributed by atoms with Gasteiger partial charge in [0.1, 0.15) is 0 Å². The average Bonchev–Trinajstić information content (AvgIpc) is 3.16. The molecule has 4 rings (SSSR count). The summed E-state index contributed by atoms with van der Waals surface area (Å²) >= 11 is 6.00. The molecule has 6 nitrogen and oxygen atoms in total. The Morgan fingerprint density at radius 2 is 1.90 bits per heavy atom. The molecule has 0 unspecified atom stereocenters. The molecule has 0 bridgehead atoms. The number of aryl methyl sites for hydroxylation is 2. The largest absolute Gasteiger partial charge is 0.359 e. The molecule has 0 radical (unpaired) electrons. The first-order valence-electron chi connectivity index (χ1n) is 9.97. The third kappa shape index (κ3) is 5.48. The van der Waals surface area contributed by atoms with Crippen molar-refractivity contribution < 1.29 is 4.79 Å². The van der Waals surface area contributed by atoms with Crippen LogP contribution in [0, 0.1) is 13.8 Å². The van der Waals surface area contributed by atoms with Crippen molar-refractivity contribution >= 4 is 34.8 Å². The molecule has 7 heteroatoms. The second-order valence-electron chi connectivity index (χ2n) is 7.68. The number of hydrogen-bond donors (Lipinski definition) is 3. The van der Waals surface area contributed by atoms with E-state index in [1.807, 2.05) is 32.1 Å². The van der Waals surface area contributed by atoms with Crippen molar-refractivity contribution in [3.8, 4) is 0 Å². The molecule has 2 aliphatic heterocycles. The number of aromatic amines is 1. The van der Waals surface area contributed by atoms with Crippen LogP contribution in [0.2, 0.25) is 5.02 Å². The van der Waals surface area contributed by atoms with E-state index in [-0.39, 0.29) is 5.91 Å². The highest BCUT2D eigenvalue weighted by atomic mass is 35.5. The van der Waals surface area contributed by atoms with Crippen LogP contribution in [0.3, 0.4) is 0 Å². The van der Waals surface area contributed by atoms with E-state index in [9.17, 15) is 4.79 Å². The highest BCUT2D eigenvalue weighted by Gasteiger charge is 2.24. The molecular formula is C22H30ClN5O. The molecule has 3 heterocycles. The van der Waals surface area contributed by atoms with Gasteiger partial charge in [-0.15, -0.1) is 0 Å². The molecule has 156 valence electrons. The molecule has 4 N–H and O–H groups in total. The van der Waals surface area contributed by atoms with Gasteiger partial charge in [-0.25, -0.2) is 0 Å². The maximum Gasteiger partial charge on any atom is 0.256 e. The number of nitrogens with two attached hydrogens (primary N) is 1. The quantitative estimate of drug-likeness (QED) is 0.673. The lowest BCUT2D eigenvalue weighted by Gasteiger charge is -2.31. The number of aromatic nitrogens is 1. The zero-order valence-electron chi connectivity index (χ0n) is 17.4. The monoisotopic (exact) mass is 415 g/mol. The summed E-state index contributed by atoms with van der Waals surface area (Å²) in [4.78, 5) is 20.0. The molecule has 0 atom stereocenters. The van der Waals surface area contributed by atoms with E-state index < -0.39 is 0 Å². The molecule has 0 saturated carbocycles. The van der Waals surface area contributed by atoms with Gasteiger partial charge in [-0.1, -0.05) is 11.6 Å². The van der Waals surface area contributed by atoms with Crippen molar-refractivity contribution in [3.05, 3.63) is 51.8 Å². The molecular weight excluding hydrogens is 386 g/mol. The summed E-state index contributed by atoms with van der Waals surface area (Å²) in [7, 11) is 2.17. The Hall–Kier alpha value is -2.12. The van der Waals surface area contributed by atoms with Crippen LogP contribution in [-0.4, -0.2) is 67.0 Å². The minimum absolute atomic E-state index is 0.0936. The lowest BCUT2D eigenvalue weighted by atomic mass is 10.1. The van der Waals surface area contributed by atoms with Crippen LogP contribution >= 0.6 is 11.6 Å². The first-order chi connectivity index (χ1) is 13.9. The van der Waals surface area contributed by atoms with Gasteiger partial charge in [0.05, 0.1) is 5.57 Å². The van der Waals surface area contributed by atoms with E-state index in [0.717, 1.165) is 41.3 Å². The highest BCUT2D eigenvalue weighted by Crippen LogP contribution is 2.35. The number of carbonyl (C=O) groups excluding carboxylic acids is 1. The second-order valence-corrected chi connectivity index (χ2v) is 8.12. The predicted octanol–water partition coefficient (Wildman–Crippen LogP) is 2.97. The van der Waals surface area contributed by atoms with Crippen molar-refractivity contribution in [1.82, 2.24) is 14.8 Å². The van der Waals surface area contributed by atoms with Crippen LogP contribution in [0.15, 0.2) is 24.3 Å². The van der Waals surface area contributed by atoms with Crippen molar-refractivity contribution in [3.63, 3.8) is 0 Å². The number of hydrogen-bond acceptors (Lipinski definition) is 4. The second kappa shape index (κ2) is 9.59. The Balaban J connectivity index is 0.000000204. The molecule has 1 amide bonds. The minimum Gasteiger partial charge on any atom is -0.359 e. The van der Waals surface area contributed by atoms with Gasteiger partial charge in [-0.05, 0) is 56.8 Å². The number of nitrogens with zero attached hydrogens (tertiary/aromatic N) is 2. The molecule has 0 aliphatic carbocycles. The number of benzene rings is 1. The van der Waals surface area contributed by atoms with Gasteiger partial charge in [0, 0.05) is 66.9 Å². The molecule has 0 spiro atoms. The van der Waals surface area contributed by atoms with Crippen LogP contribution in [0.1, 0.15) is 22.5 Å². The van der Waals surface area contributed by atoms with E-state index >= 15 is 0 Å². The van der Waals surface area contributed by atoms with Crippen molar-refractivity contribution in [1.29, 1.82) is 0 Å². The fourth-order valence-corrected chi connectivity index (χ4v) is 3.77. The Morgan fingerprint density at radius 1 is 1.17 bits per heavy atom. The normalized spacial score (nSPS) is 18.4. The van der Waals surface area contributed by atoms with Crippen LogP contribution in [-0.2, 0) is 4.79 Å². The molecule has 1 saturated heterocycles. The Labute approximate surface area is 177 Å². The van der Waals surface area contributed by atoms with Crippen molar-refractivity contribution in [2.24, 2.45) is 5.73 Å². The topological polar surface area (TPSA) is 77.4 Å². The summed E-state index contributed by atoms with van der Waals surface area (Å²) in [5, 5.41) is 3.47. The van der Waals surface area contributed by atoms with Gasteiger partial charge < -0.3 is 20.9 Å². The summed E-state index contributed by atoms with van der Waals surface area (Å²) in [5.41, 5.74) is 10.9. The van der Waals surface area contributed by atoms with Gasteiger partial charge in [-0.3, -0.25) is 9.69 Å².